The number of methoxy groups -OCH3 is 1. The van der Waals surface area contributed by atoms with E-state index in [1.54, 1.807) is 0 Å². The quantitative estimate of drug-likeness (QED) is 0.716. The number of aliphatic hydroxyl groups is 1. The fraction of sp³-hybridized carbons (Fsp3) is 0.700. The maximum Gasteiger partial charge on any atom is 0.416 e. The fourth-order valence-electron chi connectivity index (χ4n) is 1.38. The molecule has 1 unspecified atom stereocenters. The lowest BCUT2D eigenvalue weighted by atomic mass is 9.94. The summed E-state index contributed by atoms with van der Waals surface area (Å²) in [5, 5.41) is 8.95. The zero-order valence-electron chi connectivity index (χ0n) is 9.48. The standard InChI is InChI=1S/C10H17NO4/c1-10(2,3)8-11(9(13)14-4)5-7(6-12)15-8/h5,8,12H,6H2,1-4H3. The molecule has 1 heterocycles. The molecule has 1 atom stereocenters. The van der Waals surface area contributed by atoms with E-state index in [2.05, 4.69) is 4.74 Å². The van der Waals surface area contributed by atoms with Crippen molar-refractivity contribution in [2.45, 2.75) is 27.0 Å². The predicted octanol–water partition coefficient (Wildman–Crippen LogP) is 1.29. The molecule has 86 valence electrons. The number of carbonyl (C=O) groups is 1. The summed E-state index contributed by atoms with van der Waals surface area (Å²) in [6, 6.07) is 0. The molecule has 15 heavy (non-hydrogen) atoms. The molecule has 5 heteroatoms. The molecule has 0 saturated carbocycles. The van der Waals surface area contributed by atoms with Crippen molar-refractivity contribution in [3.05, 3.63) is 12.0 Å². The molecular weight excluding hydrogens is 198 g/mol. The van der Waals surface area contributed by atoms with Gasteiger partial charge in [-0.15, -0.1) is 0 Å². The minimum absolute atomic E-state index is 0.222. The molecule has 0 aliphatic carbocycles. The van der Waals surface area contributed by atoms with E-state index in [1.807, 2.05) is 20.8 Å². The largest absolute Gasteiger partial charge is 0.470 e. The van der Waals surface area contributed by atoms with Crippen LogP contribution in [0.25, 0.3) is 0 Å². The first kappa shape index (κ1) is 11.8. The van der Waals surface area contributed by atoms with E-state index in [-0.39, 0.29) is 12.0 Å². The molecule has 1 aliphatic rings. The zero-order valence-corrected chi connectivity index (χ0v) is 9.48. The topological polar surface area (TPSA) is 59.0 Å². The number of nitrogens with zero attached hydrogens (tertiary/aromatic N) is 1. The van der Waals surface area contributed by atoms with Gasteiger partial charge in [-0.05, 0) is 0 Å². The Labute approximate surface area is 89.3 Å². The van der Waals surface area contributed by atoms with Gasteiger partial charge < -0.3 is 14.6 Å². The van der Waals surface area contributed by atoms with Gasteiger partial charge in [-0.3, -0.25) is 0 Å². The molecule has 0 aromatic heterocycles. The number of hydrogen-bond acceptors (Lipinski definition) is 4. The number of ether oxygens (including phenoxy) is 2. The molecule has 0 spiro atoms. The van der Waals surface area contributed by atoms with Gasteiger partial charge in [-0.2, -0.15) is 0 Å². The highest BCUT2D eigenvalue weighted by molar-refractivity contribution is 5.69. The highest BCUT2D eigenvalue weighted by Gasteiger charge is 2.39. The second-order valence-electron chi connectivity index (χ2n) is 4.47. The van der Waals surface area contributed by atoms with Crippen LogP contribution in [0.4, 0.5) is 4.79 Å². The second-order valence-corrected chi connectivity index (χ2v) is 4.47. The highest BCUT2D eigenvalue weighted by atomic mass is 16.6. The third-order valence-corrected chi connectivity index (χ3v) is 2.08. The summed E-state index contributed by atoms with van der Waals surface area (Å²) in [6.07, 6.45) is 0.548. The normalized spacial score (nSPS) is 21.0. The fourth-order valence-corrected chi connectivity index (χ4v) is 1.38. The van der Waals surface area contributed by atoms with Crippen molar-refractivity contribution in [3.63, 3.8) is 0 Å². The van der Waals surface area contributed by atoms with E-state index >= 15 is 0 Å². The Kier molecular flexibility index (Phi) is 3.24. The third kappa shape index (κ3) is 2.41. The van der Waals surface area contributed by atoms with E-state index in [0.29, 0.717) is 5.76 Å². The van der Waals surface area contributed by atoms with Gasteiger partial charge in [0.25, 0.3) is 0 Å². The van der Waals surface area contributed by atoms with E-state index < -0.39 is 12.3 Å². The molecule has 0 fully saturated rings. The van der Waals surface area contributed by atoms with E-state index in [0.717, 1.165) is 0 Å². The molecular formula is C10H17NO4. The molecule has 1 amide bonds. The van der Waals surface area contributed by atoms with Crippen molar-refractivity contribution >= 4 is 6.09 Å². The lowest BCUT2D eigenvalue weighted by Gasteiger charge is -2.32. The van der Waals surface area contributed by atoms with Gasteiger partial charge in [0.1, 0.15) is 12.4 Å². The van der Waals surface area contributed by atoms with Crippen LogP contribution >= 0.6 is 0 Å². The lowest BCUT2D eigenvalue weighted by Crippen LogP contribution is -2.42. The summed E-state index contributed by atoms with van der Waals surface area (Å²) >= 11 is 0. The summed E-state index contributed by atoms with van der Waals surface area (Å²) in [5.74, 6) is 0.375. The Morgan fingerprint density at radius 1 is 1.67 bits per heavy atom. The molecule has 0 bridgehead atoms. The molecule has 1 N–H and O–H groups in total. The van der Waals surface area contributed by atoms with Crippen LogP contribution in [0.5, 0.6) is 0 Å². The summed E-state index contributed by atoms with van der Waals surface area (Å²) < 4.78 is 10.1. The van der Waals surface area contributed by atoms with E-state index in [1.165, 1.54) is 18.2 Å². The van der Waals surface area contributed by atoms with Crippen molar-refractivity contribution in [2.75, 3.05) is 13.7 Å². The van der Waals surface area contributed by atoms with Crippen molar-refractivity contribution in [1.82, 2.24) is 4.90 Å². The number of carbonyl (C=O) groups excluding carboxylic acids is 1. The summed E-state index contributed by atoms with van der Waals surface area (Å²) in [6.45, 7) is 5.62. The average molecular weight is 215 g/mol. The van der Waals surface area contributed by atoms with Crippen LogP contribution in [0.2, 0.25) is 0 Å². The summed E-state index contributed by atoms with van der Waals surface area (Å²) in [7, 11) is 1.31. The first-order chi connectivity index (χ1) is 6.90. The Balaban J connectivity index is 2.88. The zero-order chi connectivity index (χ0) is 11.6. The van der Waals surface area contributed by atoms with Crippen LogP contribution in [0.1, 0.15) is 20.8 Å². The van der Waals surface area contributed by atoms with Crippen molar-refractivity contribution < 1.29 is 19.4 Å². The van der Waals surface area contributed by atoms with Crippen LogP contribution < -0.4 is 0 Å². The van der Waals surface area contributed by atoms with Gasteiger partial charge in [0.05, 0.1) is 13.3 Å². The lowest BCUT2D eigenvalue weighted by molar-refractivity contribution is -0.0383. The molecule has 0 saturated heterocycles. The summed E-state index contributed by atoms with van der Waals surface area (Å²) in [5.41, 5.74) is -0.248. The Hall–Kier alpha value is -1.23. The van der Waals surface area contributed by atoms with Gasteiger partial charge in [-0.25, -0.2) is 9.69 Å². The third-order valence-electron chi connectivity index (χ3n) is 2.08. The smallest absolute Gasteiger partial charge is 0.416 e. The average Bonchev–Trinajstić information content (AvgIpc) is 2.59. The van der Waals surface area contributed by atoms with Gasteiger partial charge in [0.15, 0.2) is 6.23 Å². The maximum atomic E-state index is 11.4. The molecule has 5 nitrogen and oxygen atoms in total. The number of hydrogen-bond donors (Lipinski definition) is 1. The predicted molar refractivity (Wildman–Crippen MR) is 53.7 cm³/mol. The van der Waals surface area contributed by atoms with Crippen molar-refractivity contribution in [1.29, 1.82) is 0 Å². The molecule has 0 aromatic rings. The minimum atomic E-state index is -0.488. The van der Waals surface area contributed by atoms with Gasteiger partial charge >= 0.3 is 6.09 Å². The SMILES string of the molecule is COC(=O)N1C=C(CO)OC1C(C)(C)C. The first-order valence-electron chi connectivity index (χ1n) is 4.74. The molecule has 1 rings (SSSR count). The molecule has 0 radical (unpaired) electrons. The van der Waals surface area contributed by atoms with Gasteiger partial charge in [0, 0.05) is 5.41 Å². The van der Waals surface area contributed by atoms with Gasteiger partial charge in [0.2, 0.25) is 0 Å². The minimum Gasteiger partial charge on any atom is -0.470 e. The van der Waals surface area contributed by atoms with Crippen LogP contribution in [-0.2, 0) is 9.47 Å². The van der Waals surface area contributed by atoms with Crippen LogP contribution in [0.15, 0.2) is 12.0 Å². The first-order valence-corrected chi connectivity index (χ1v) is 4.74. The number of rotatable bonds is 1. The van der Waals surface area contributed by atoms with Crippen molar-refractivity contribution in [3.8, 4) is 0 Å². The maximum absolute atomic E-state index is 11.4. The number of amides is 1. The monoisotopic (exact) mass is 215 g/mol. The van der Waals surface area contributed by atoms with Crippen molar-refractivity contribution in [2.24, 2.45) is 5.41 Å². The highest BCUT2D eigenvalue weighted by Crippen LogP contribution is 2.32. The second kappa shape index (κ2) is 4.10. The van der Waals surface area contributed by atoms with Crippen LogP contribution in [-0.4, -0.2) is 36.0 Å². The van der Waals surface area contributed by atoms with Crippen LogP contribution in [0.3, 0.4) is 0 Å². The van der Waals surface area contributed by atoms with E-state index in [9.17, 15) is 4.79 Å². The summed E-state index contributed by atoms with van der Waals surface area (Å²) in [4.78, 5) is 12.8. The van der Waals surface area contributed by atoms with Crippen LogP contribution in [0, 0.1) is 5.41 Å². The number of aliphatic hydroxyl groups excluding tert-OH is 1. The Bertz CT molecular complexity index is 280. The van der Waals surface area contributed by atoms with Gasteiger partial charge in [-0.1, -0.05) is 20.8 Å². The Morgan fingerprint density at radius 2 is 2.27 bits per heavy atom. The molecule has 1 aliphatic heterocycles. The Morgan fingerprint density at radius 3 is 2.67 bits per heavy atom. The van der Waals surface area contributed by atoms with E-state index in [4.69, 9.17) is 9.84 Å². The molecule has 0 aromatic carbocycles.